The van der Waals surface area contributed by atoms with Crippen LogP contribution in [0.3, 0.4) is 0 Å². The number of rotatable bonds is 3. The lowest BCUT2D eigenvalue weighted by Gasteiger charge is -2.06. The van der Waals surface area contributed by atoms with Gasteiger partial charge in [-0.25, -0.2) is 9.18 Å². The third-order valence-corrected chi connectivity index (χ3v) is 2.50. The van der Waals surface area contributed by atoms with Crippen molar-refractivity contribution in [3.8, 4) is 0 Å². The summed E-state index contributed by atoms with van der Waals surface area (Å²) in [5, 5.41) is 0. The highest BCUT2D eigenvalue weighted by atomic mass is 79.9. The van der Waals surface area contributed by atoms with Crippen LogP contribution < -0.4 is 0 Å². The number of ether oxygens (including phenoxy) is 2. The second-order valence-corrected chi connectivity index (χ2v) is 3.70. The second kappa shape index (κ2) is 5.23. The summed E-state index contributed by atoms with van der Waals surface area (Å²) in [6.45, 7) is 0.159. The molecule has 0 fully saturated rings. The molecule has 0 aliphatic heterocycles. The van der Waals surface area contributed by atoms with Gasteiger partial charge in [-0.3, -0.25) is 0 Å². The van der Waals surface area contributed by atoms with E-state index in [0.29, 0.717) is 10.0 Å². The predicted molar refractivity (Wildman–Crippen MR) is 56.2 cm³/mol. The largest absolute Gasteiger partial charge is 0.465 e. The molecule has 1 rings (SSSR count). The molecular formula is C10H10BrFO3. The molecule has 82 valence electrons. The fraction of sp³-hybridized carbons (Fsp3) is 0.300. The van der Waals surface area contributed by atoms with Gasteiger partial charge in [0.2, 0.25) is 0 Å². The molecule has 0 saturated heterocycles. The Morgan fingerprint density at radius 3 is 2.67 bits per heavy atom. The van der Waals surface area contributed by atoms with E-state index in [-0.39, 0.29) is 12.2 Å². The fourth-order valence-corrected chi connectivity index (χ4v) is 1.67. The summed E-state index contributed by atoms with van der Waals surface area (Å²) in [6, 6.07) is 2.63. The Bertz CT molecular complexity index is 379. The lowest BCUT2D eigenvalue weighted by Crippen LogP contribution is -2.05. The standard InChI is InChI=1S/C10H10BrFO3/c1-14-5-6-3-8(11)7(4-9(6)12)10(13)15-2/h3-4H,5H2,1-2H3. The van der Waals surface area contributed by atoms with Crippen LogP contribution in [0.1, 0.15) is 15.9 Å². The van der Waals surface area contributed by atoms with Crippen molar-refractivity contribution < 1.29 is 18.7 Å². The molecule has 0 saturated carbocycles. The van der Waals surface area contributed by atoms with E-state index in [4.69, 9.17) is 4.74 Å². The molecule has 0 amide bonds. The molecule has 0 aromatic heterocycles. The molecule has 15 heavy (non-hydrogen) atoms. The van der Waals surface area contributed by atoms with Crippen molar-refractivity contribution in [3.63, 3.8) is 0 Å². The molecule has 0 N–H and O–H groups in total. The number of methoxy groups -OCH3 is 2. The van der Waals surface area contributed by atoms with Crippen LogP contribution in [0.5, 0.6) is 0 Å². The average Bonchev–Trinajstić information content (AvgIpc) is 2.22. The first-order valence-corrected chi connectivity index (χ1v) is 4.94. The Morgan fingerprint density at radius 2 is 2.13 bits per heavy atom. The molecule has 1 aromatic carbocycles. The number of hydrogen-bond donors (Lipinski definition) is 0. The van der Waals surface area contributed by atoms with E-state index in [1.54, 1.807) is 0 Å². The van der Waals surface area contributed by atoms with Gasteiger partial charge >= 0.3 is 5.97 Å². The van der Waals surface area contributed by atoms with E-state index < -0.39 is 11.8 Å². The van der Waals surface area contributed by atoms with Crippen LogP contribution in [-0.2, 0) is 16.1 Å². The van der Waals surface area contributed by atoms with Crippen LogP contribution in [0.4, 0.5) is 4.39 Å². The lowest BCUT2D eigenvalue weighted by atomic mass is 10.1. The average molecular weight is 277 g/mol. The van der Waals surface area contributed by atoms with Crippen LogP contribution in [0.2, 0.25) is 0 Å². The highest BCUT2D eigenvalue weighted by Crippen LogP contribution is 2.22. The van der Waals surface area contributed by atoms with Crippen LogP contribution in [0, 0.1) is 5.82 Å². The van der Waals surface area contributed by atoms with Crippen molar-refractivity contribution in [2.75, 3.05) is 14.2 Å². The zero-order valence-electron chi connectivity index (χ0n) is 8.34. The molecule has 0 bridgehead atoms. The molecule has 0 aliphatic rings. The molecule has 0 unspecified atom stereocenters. The summed E-state index contributed by atoms with van der Waals surface area (Å²) >= 11 is 3.17. The summed E-state index contributed by atoms with van der Waals surface area (Å²) in [7, 11) is 2.72. The minimum atomic E-state index is -0.579. The SMILES string of the molecule is COCc1cc(Br)c(C(=O)OC)cc1F. The number of hydrogen-bond acceptors (Lipinski definition) is 3. The zero-order valence-corrected chi connectivity index (χ0v) is 9.93. The molecule has 5 heteroatoms. The van der Waals surface area contributed by atoms with Gasteiger partial charge in [-0.1, -0.05) is 0 Å². The summed E-state index contributed by atoms with van der Waals surface area (Å²) < 4.78 is 23.2. The van der Waals surface area contributed by atoms with Crippen LogP contribution >= 0.6 is 15.9 Å². The lowest BCUT2D eigenvalue weighted by molar-refractivity contribution is 0.0599. The Hall–Kier alpha value is -0.940. The van der Waals surface area contributed by atoms with Gasteiger partial charge in [0.15, 0.2) is 0 Å². The van der Waals surface area contributed by atoms with Gasteiger partial charge in [-0.2, -0.15) is 0 Å². The van der Waals surface area contributed by atoms with E-state index >= 15 is 0 Å². The quantitative estimate of drug-likeness (QED) is 0.796. The number of benzene rings is 1. The van der Waals surface area contributed by atoms with Gasteiger partial charge in [0.25, 0.3) is 0 Å². The molecule has 0 atom stereocenters. The normalized spacial score (nSPS) is 10.1. The van der Waals surface area contributed by atoms with Crippen molar-refractivity contribution in [1.82, 2.24) is 0 Å². The maximum absolute atomic E-state index is 13.4. The third-order valence-electron chi connectivity index (χ3n) is 1.84. The van der Waals surface area contributed by atoms with Crippen LogP contribution in [0.15, 0.2) is 16.6 Å². The number of carbonyl (C=O) groups is 1. The van der Waals surface area contributed by atoms with Crippen molar-refractivity contribution in [2.24, 2.45) is 0 Å². The monoisotopic (exact) mass is 276 g/mol. The van der Waals surface area contributed by atoms with Crippen molar-refractivity contribution >= 4 is 21.9 Å². The molecule has 0 heterocycles. The van der Waals surface area contributed by atoms with Gasteiger partial charge in [-0.15, -0.1) is 0 Å². The van der Waals surface area contributed by atoms with E-state index in [9.17, 15) is 9.18 Å². The predicted octanol–water partition coefficient (Wildman–Crippen LogP) is 2.52. The molecule has 1 aromatic rings. The highest BCUT2D eigenvalue weighted by molar-refractivity contribution is 9.10. The maximum Gasteiger partial charge on any atom is 0.339 e. The summed E-state index contributed by atoms with van der Waals surface area (Å²) in [5.74, 6) is -1.06. The molecule has 3 nitrogen and oxygen atoms in total. The van der Waals surface area contributed by atoms with E-state index in [1.807, 2.05) is 0 Å². The summed E-state index contributed by atoms with van der Waals surface area (Å²) in [4.78, 5) is 11.2. The van der Waals surface area contributed by atoms with E-state index in [1.165, 1.54) is 20.3 Å². The van der Waals surface area contributed by atoms with Gasteiger partial charge in [0.1, 0.15) is 5.82 Å². The number of esters is 1. The van der Waals surface area contributed by atoms with Gasteiger partial charge < -0.3 is 9.47 Å². The Labute approximate surface area is 95.3 Å². The first kappa shape index (κ1) is 12.1. The molecule has 0 radical (unpaired) electrons. The Morgan fingerprint density at radius 1 is 1.47 bits per heavy atom. The van der Waals surface area contributed by atoms with Gasteiger partial charge in [0.05, 0.1) is 19.3 Å². The molecule has 0 spiro atoms. The smallest absolute Gasteiger partial charge is 0.339 e. The Kier molecular flexibility index (Phi) is 4.23. The highest BCUT2D eigenvalue weighted by Gasteiger charge is 2.14. The molecular weight excluding hydrogens is 267 g/mol. The van der Waals surface area contributed by atoms with Gasteiger partial charge in [-0.05, 0) is 28.1 Å². The summed E-state index contributed by atoms with van der Waals surface area (Å²) in [5.41, 5.74) is 0.548. The second-order valence-electron chi connectivity index (χ2n) is 2.85. The zero-order chi connectivity index (χ0) is 11.4. The van der Waals surface area contributed by atoms with E-state index in [2.05, 4.69) is 20.7 Å². The molecule has 0 aliphatic carbocycles. The van der Waals surface area contributed by atoms with Gasteiger partial charge in [0, 0.05) is 17.1 Å². The summed E-state index contributed by atoms with van der Waals surface area (Å²) in [6.07, 6.45) is 0. The first-order chi connectivity index (χ1) is 7.10. The van der Waals surface area contributed by atoms with Crippen LogP contribution in [0.25, 0.3) is 0 Å². The van der Waals surface area contributed by atoms with E-state index in [0.717, 1.165) is 6.07 Å². The topological polar surface area (TPSA) is 35.5 Å². The number of halogens is 2. The van der Waals surface area contributed by atoms with Crippen molar-refractivity contribution in [2.45, 2.75) is 6.61 Å². The fourth-order valence-electron chi connectivity index (χ4n) is 1.12. The van der Waals surface area contributed by atoms with Crippen molar-refractivity contribution in [1.29, 1.82) is 0 Å². The first-order valence-electron chi connectivity index (χ1n) is 4.15. The minimum absolute atomic E-state index is 0.159. The third kappa shape index (κ3) is 2.76. The van der Waals surface area contributed by atoms with Crippen molar-refractivity contribution in [3.05, 3.63) is 33.5 Å². The minimum Gasteiger partial charge on any atom is -0.465 e. The maximum atomic E-state index is 13.4. The van der Waals surface area contributed by atoms with Crippen LogP contribution in [-0.4, -0.2) is 20.2 Å². The Balaban J connectivity index is 3.13. The number of carbonyl (C=O) groups excluding carboxylic acids is 1.